The molecule has 0 aliphatic heterocycles. The van der Waals surface area contributed by atoms with Gasteiger partial charge in [-0.2, -0.15) is 0 Å². The molecule has 2 aromatic rings. The van der Waals surface area contributed by atoms with Crippen molar-refractivity contribution < 1.29 is 9.72 Å². The van der Waals surface area contributed by atoms with Gasteiger partial charge in [0.2, 0.25) is 5.91 Å². The van der Waals surface area contributed by atoms with Crippen molar-refractivity contribution in [3.8, 4) is 0 Å². The van der Waals surface area contributed by atoms with Crippen LogP contribution in [0.15, 0.2) is 48.5 Å². The van der Waals surface area contributed by atoms with Gasteiger partial charge < -0.3 is 10.6 Å². The van der Waals surface area contributed by atoms with E-state index in [0.29, 0.717) is 18.6 Å². The topological polar surface area (TPSA) is 87.5 Å². The third-order valence-electron chi connectivity index (χ3n) is 5.05. The third kappa shape index (κ3) is 6.37. The normalized spacial score (nSPS) is 12.4. The molecule has 0 radical (unpaired) electrons. The van der Waals surface area contributed by atoms with E-state index in [2.05, 4.69) is 43.2 Å². The SMILES string of the molecule is Cc1ccc(NC(=O)C(NCCN(C(C)C)C(C)C)c2ccccc2)c([N+](=O)[O-])c1. The highest BCUT2D eigenvalue weighted by Gasteiger charge is 2.24. The Bertz CT molecular complexity index is 845. The van der Waals surface area contributed by atoms with Crippen LogP contribution in [0.1, 0.15) is 44.9 Å². The Morgan fingerprint density at radius 3 is 2.27 bits per heavy atom. The number of hydrogen-bond acceptors (Lipinski definition) is 5. The lowest BCUT2D eigenvalue weighted by molar-refractivity contribution is -0.384. The molecule has 2 rings (SSSR count). The average Bonchev–Trinajstić information content (AvgIpc) is 2.69. The van der Waals surface area contributed by atoms with Crippen molar-refractivity contribution in [3.05, 3.63) is 69.8 Å². The van der Waals surface area contributed by atoms with Gasteiger partial charge in [-0.25, -0.2) is 0 Å². The molecule has 0 saturated carbocycles. The van der Waals surface area contributed by atoms with Gasteiger partial charge in [-0.05, 0) is 51.8 Å². The predicted molar refractivity (Wildman–Crippen MR) is 121 cm³/mol. The number of carbonyl (C=O) groups is 1. The number of nitro groups is 1. The van der Waals surface area contributed by atoms with E-state index in [1.54, 1.807) is 19.1 Å². The highest BCUT2D eigenvalue weighted by atomic mass is 16.6. The molecule has 7 nitrogen and oxygen atoms in total. The van der Waals surface area contributed by atoms with Crippen LogP contribution in [0.4, 0.5) is 11.4 Å². The molecule has 0 heterocycles. The zero-order valence-electron chi connectivity index (χ0n) is 18.4. The molecular formula is C23H32N4O3. The standard InChI is InChI=1S/C23H32N4O3/c1-16(2)26(17(3)4)14-13-24-22(19-9-7-6-8-10-19)23(28)25-20-12-11-18(5)15-21(20)27(29)30/h6-12,15-17,22,24H,13-14H2,1-5H3,(H,25,28). The van der Waals surface area contributed by atoms with Crippen LogP contribution in [-0.2, 0) is 4.79 Å². The van der Waals surface area contributed by atoms with Gasteiger partial charge in [0.1, 0.15) is 11.7 Å². The van der Waals surface area contributed by atoms with E-state index in [9.17, 15) is 14.9 Å². The summed E-state index contributed by atoms with van der Waals surface area (Å²) in [5.74, 6) is -0.325. The van der Waals surface area contributed by atoms with Crippen molar-refractivity contribution in [2.75, 3.05) is 18.4 Å². The highest BCUT2D eigenvalue weighted by Crippen LogP contribution is 2.26. The predicted octanol–water partition coefficient (Wildman–Crippen LogP) is 4.29. The molecule has 0 aliphatic rings. The second-order valence-corrected chi connectivity index (χ2v) is 7.99. The number of amides is 1. The first-order valence-corrected chi connectivity index (χ1v) is 10.3. The molecule has 7 heteroatoms. The minimum atomic E-state index is -0.617. The zero-order valence-corrected chi connectivity index (χ0v) is 18.4. The van der Waals surface area contributed by atoms with Crippen LogP contribution in [-0.4, -0.2) is 40.9 Å². The second-order valence-electron chi connectivity index (χ2n) is 7.99. The molecule has 0 spiro atoms. The van der Waals surface area contributed by atoms with Crippen molar-refractivity contribution in [2.45, 2.75) is 52.7 Å². The Morgan fingerprint density at radius 2 is 1.70 bits per heavy atom. The fraction of sp³-hybridized carbons (Fsp3) is 0.435. The molecule has 1 unspecified atom stereocenters. The van der Waals surface area contributed by atoms with Gasteiger partial charge in [0, 0.05) is 31.2 Å². The van der Waals surface area contributed by atoms with Crippen molar-refractivity contribution in [3.63, 3.8) is 0 Å². The van der Waals surface area contributed by atoms with Gasteiger partial charge in [-0.3, -0.25) is 19.8 Å². The van der Waals surface area contributed by atoms with Gasteiger partial charge in [0.25, 0.3) is 5.69 Å². The van der Waals surface area contributed by atoms with E-state index in [1.807, 2.05) is 30.3 Å². The minimum Gasteiger partial charge on any atom is -0.319 e. The van der Waals surface area contributed by atoms with Crippen molar-refractivity contribution >= 4 is 17.3 Å². The number of rotatable bonds is 10. The van der Waals surface area contributed by atoms with E-state index in [-0.39, 0.29) is 17.3 Å². The van der Waals surface area contributed by atoms with E-state index in [1.165, 1.54) is 6.07 Å². The maximum absolute atomic E-state index is 13.1. The van der Waals surface area contributed by atoms with Crippen LogP contribution in [0.5, 0.6) is 0 Å². The maximum atomic E-state index is 13.1. The van der Waals surface area contributed by atoms with Gasteiger partial charge in [-0.15, -0.1) is 0 Å². The van der Waals surface area contributed by atoms with Gasteiger partial charge in [0.05, 0.1) is 4.92 Å². The van der Waals surface area contributed by atoms with Gasteiger partial charge in [0.15, 0.2) is 0 Å². The molecule has 0 bridgehead atoms. The van der Waals surface area contributed by atoms with E-state index in [4.69, 9.17) is 0 Å². The number of nitrogens with zero attached hydrogens (tertiary/aromatic N) is 2. The van der Waals surface area contributed by atoms with Crippen LogP contribution < -0.4 is 10.6 Å². The minimum absolute atomic E-state index is 0.110. The molecule has 30 heavy (non-hydrogen) atoms. The molecule has 162 valence electrons. The summed E-state index contributed by atoms with van der Waals surface area (Å²) < 4.78 is 0. The van der Waals surface area contributed by atoms with Crippen molar-refractivity contribution in [1.82, 2.24) is 10.2 Å². The fourth-order valence-electron chi connectivity index (χ4n) is 3.56. The first-order valence-electron chi connectivity index (χ1n) is 10.3. The molecule has 1 amide bonds. The van der Waals surface area contributed by atoms with Gasteiger partial charge in [-0.1, -0.05) is 36.4 Å². The van der Waals surface area contributed by atoms with E-state index < -0.39 is 11.0 Å². The molecule has 0 fully saturated rings. The maximum Gasteiger partial charge on any atom is 0.293 e. The lowest BCUT2D eigenvalue weighted by Gasteiger charge is -2.31. The average molecular weight is 413 g/mol. The summed E-state index contributed by atoms with van der Waals surface area (Å²) in [7, 11) is 0. The van der Waals surface area contributed by atoms with E-state index in [0.717, 1.165) is 17.7 Å². The molecule has 2 aromatic carbocycles. The molecule has 0 saturated heterocycles. The molecule has 0 aliphatic carbocycles. The zero-order chi connectivity index (χ0) is 22.3. The first-order chi connectivity index (χ1) is 14.2. The molecule has 1 atom stereocenters. The van der Waals surface area contributed by atoms with E-state index >= 15 is 0 Å². The number of benzene rings is 2. The monoisotopic (exact) mass is 412 g/mol. The number of aryl methyl sites for hydroxylation is 1. The summed E-state index contributed by atoms with van der Waals surface area (Å²) in [6.07, 6.45) is 0. The lowest BCUT2D eigenvalue weighted by atomic mass is 10.1. The summed E-state index contributed by atoms with van der Waals surface area (Å²) in [5, 5.41) is 17.5. The van der Waals surface area contributed by atoms with Crippen LogP contribution in [0.3, 0.4) is 0 Å². The lowest BCUT2D eigenvalue weighted by Crippen LogP contribution is -2.43. The Hall–Kier alpha value is -2.77. The summed E-state index contributed by atoms with van der Waals surface area (Å²) in [4.78, 5) is 26.4. The Morgan fingerprint density at radius 1 is 1.07 bits per heavy atom. The Balaban J connectivity index is 2.20. The number of anilines is 1. The largest absolute Gasteiger partial charge is 0.319 e. The smallest absolute Gasteiger partial charge is 0.293 e. The molecule has 0 aromatic heterocycles. The van der Waals surface area contributed by atoms with Crippen molar-refractivity contribution in [1.29, 1.82) is 0 Å². The van der Waals surface area contributed by atoms with Crippen LogP contribution in [0.25, 0.3) is 0 Å². The fourth-order valence-corrected chi connectivity index (χ4v) is 3.56. The van der Waals surface area contributed by atoms with Crippen LogP contribution in [0.2, 0.25) is 0 Å². The highest BCUT2D eigenvalue weighted by molar-refractivity contribution is 5.97. The third-order valence-corrected chi connectivity index (χ3v) is 5.05. The number of nitrogens with one attached hydrogen (secondary N) is 2. The van der Waals surface area contributed by atoms with Crippen LogP contribution in [0, 0.1) is 17.0 Å². The summed E-state index contributed by atoms with van der Waals surface area (Å²) in [6, 6.07) is 14.4. The Labute approximate surface area is 178 Å². The second kappa shape index (κ2) is 10.8. The quantitative estimate of drug-likeness (QED) is 0.449. The summed E-state index contributed by atoms with van der Waals surface area (Å²) >= 11 is 0. The number of hydrogen-bond donors (Lipinski definition) is 2. The van der Waals surface area contributed by atoms with Crippen LogP contribution >= 0.6 is 0 Å². The number of nitro benzene ring substituents is 1. The summed E-state index contributed by atoms with van der Waals surface area (Å²) in [6.45, 7) is 11.8. The number of carbonyl (C=O) groups excluding carboxylic acids is 1. The first kappa shape index (κ1) is 23.5. The van der Waals surface area contributed by atoms with Gasteiger partial charge >= 0.3 is 0 Å². The van der Waals surface area contributed by atoms with Crippen molar-refractivity contribution in [2.24, 2.45) is 0 Å². The summed E-state index contributed by atoms with van der Waals surface area (Å²) in [5.41, 5.74) is 1.66. The Kier molecular flexibility index (Phi) is 8.50. The molecular weight excluding hydrogens is 380 g/mol. The molecule has 2 N–H and O–H groups in total.